The van der Waals surface area contributed by atoms with Crippen molar-refractivity contribution in [1.29, 1.82) is 0 Å². The van der Waals surface area contributed by atoms with Crippen LogP contribution in [0.2, 0.25) is 0 Å². The summed E-state index contributed by atoms with van der Waals surface area (Å²) >= 11 is 0. The summed E-state index contributed by atoms with van der Waals surface area (Å²) in [5.74, 6) is 0. The second-order valence-electron chi connectivity index (χ2n) is 6.57. The predicted molar refractivity (Wildman–Crippen MR) is 101 cm³/mol. The Morgan fingerprint density at radius 3 is 2.30 bits per heavy atom. The fourth-order valence-electron chi connectivity index (χ4n) is 3.04. The number of hydrogen-bond acceptors (Lipinski definition) is 1. The van der Waals surface area contributed by atoms with Crippen LogP contribution in [0.5, 0.6) is 0 Å². The van der Waals surface area contributed by atoms with Crippen LogP contribution in [-0.2, 0) is 6.54 Å². The quantitative estimate of drug-likeness (QED) is 0.532. The third-order valence-corrected chi connectivity index (χ3v) is 4.44. The maximum atomic E-state index is 3.56. The van der Waals surface area contributed by atoms with Crippen LogP contribution in [0.4, 0.5) is 5.69 Å². The zero-order chi connectivity index (χ0) is 16.1. The first-order valence-electron chi connectivity index (χ1n) is 8.23. The predicted octanol–water partition coefficient (Wildman–Crippen LogP) is 4.20. The summed E-state index contributed by atoms with van der Waals surface area (Å²) < 4.78 is 0.878. The summed E-state index contributed by atoms with van der Waals surface area (Å²) in [7, 11) is 4.57. The molecule has 0 aliphatic carbocycles. The normalized spacial score (nSPS) is 11.7. The van der Waals surface area contributed by atoms with E-state index in [0.29, 0.717) is 0 Å². The molecule has 0 spiro atoms. The topological polar surface area (TPSA) is 12.0 Å². The van der Waals surface area contributed by atoms with E-state index in [1.54, 1.807) is 0 Å². The summed E-state index contributed by atoms with van der Waals surface area (Å²) in [6, 6.07) is 25.8. The van der Waals surface area contributed by atoms with Crippen LogP contribution < -0.4 is 9.80 Å². The Balaban J connectivity index is 1.66. The average Bonchev–Trinajstić information content (AvgIpc) is 2.59. The molecule has 0 aliphatic rings. The lowest BCUT2D eigenvalue weighted by Crippen LogP contribution is -2.45. The highest BCUT2D eigenvalue weighted by atomic mass is 15.3. The van der Waals surface area contributed by atoms with Gasteiger partial charge in [-0.1, -0.05) is 60.7 Å². The second-order valence-corrected chi connectivity index (χ2v) is 6.57. The Morgan fingerprint density at radius 1 is 0.783 bits per heavy atom. The molecule has 2 nitrogen and oxygen atoms in total. The molecule has 0 aliphatic heterocycles. The van der Waals surface area contributed by atoms with Crippen molar-refractivity contribution in [3.8, 4) is 0 Å². The van der Waals surface area contributed by atoms with Gasteiger partial charge in [-0.05, 0) is 23.1 Å². The van der Waals surface area contributed by atoms with Crippen LogP contribution in [0.25, 0.3) is 10.8 Å². The maximum absolute atomic E-state index is 3.56. The van der Waals surface area contributed by atoms with Crippen molar-refractivity contribution in [2.24, 2.45) is 0 Å². The van der Waals surface area contributed by atoms with Crippen LogP contribution in [0.15, 0.2) is 72.8 Å². The van der Waals surface area contributed by atoms with Gasteiger partial charge >= 0.3 is 0 Å². The number of likely N-dealkylation sites (N-methyl/N-ethyl adjacent to an activating group) is 1. The number of quaternary nitrogens is 1. The first kappa shape index (κ1) is 15.7. The van der Waals surface area contributed by atoms with E-state index in [-0.39, 0.29) is 0 Å². The highest BCUT2D eigenvalue weighted by Crippen LogP contribution is 2.29. The van der Waals surface area contributed by atoms with E-state index in [4.69, 9.17) is 0 Å². The Kier molecular flexibility index (Phi) is 4.75. The molecule has 3 rings (SSSR count). The number of nitrogens with zero attached hydrogens (tertiary/aromatic N) is 1. The van der Waals surface area contributed by atoms with Crippen LogP contribution in [0, 0.1) is 0 Å². The summed E-state index contributed by atoms with van der Waals surface area (Å²) in [6.07, 6.45) is 0. The molecule has 0 aromatic heterocycles. The molecule has 0 atom stereocenters. The fourth-order valence-corrected chi connectivity index (χ4v) is 3.04. The van der Waals surface area contributed by atoms with Gasteiger partial charge in [0.1, 0.15) is 5.69 Å². The summed E-state index contributed by atoms with van der Waals surface area (Å²) in [5, 5.41) is 6.22. The van der Waals surface area contributed by atoms with Gasteiger partial charge in [-0.15, -0.1) is 0 Å². The molecule has 0 fully saturated rings. The molecule has 0 amide bonds. The molecule has 0 saturated heterocycles. The second kappa shape index (κ2) is 6.95. The van der Waals surface area contributed by atoms with Crippen molar-refractivity contribution in [1.82, 2.24) is 9.80 Å². The standard InChI is InChI=1S/C21H25N2/c1-23(2,16-15-22-17-18-9-4-3-5-10-18)21-14-8-12-19-11-6-7-13-20(19)21/h3-14,22H,15-17H2,1-2H3/q+1. The molecule has 2 heteroatoms. The molecule has 0 heterocycles. The summed E-state index contributed by atoms with van der Waals surface area (Å²) in [5.41, 5.74) is 2.72. The molecule has 1 N–H and O–H groups in total. The lowest BCUT2D eigenvalue weighted by Gasteiger charge is -2.30. The average molecular weight is 305 g/mol. The molecule has 118 valence electrons. The Bertz CT molecular complexity index is 758. The van der Waals surface area contributed by atoms with Crippen molar-refractivity contribution in [2.75, 3.05) is 27.2 Å². The van der Waals surface area contributed by atoms with Crippen molar-refractivity contribution in [3.63, 3.8) is 0 Å². The molecular weight excluding hydrogens is 280 g/mol. The van der Waals surface area contributed by atoms with E-state index in [2.05, 4.69) is 92.2 Å². The molecule has 0 unspecified atom stereocenters. The number of nitrogens with one attached hydrogen (secondary N) is 1. The summed E-state index contributed by atoms with van der Waals surface area (Å²) in [6.45, 7) is 2.97. The number of fused-ring (bicyclic) bond motifs is 1. The monoisotopic (exact) mass is 305 g/mol. The van der Waals surface area contributed by atoms with Gasteiger partial charge in [0.2, 0.25) is 0 Å². The SMILES string of the molecule is C[N+](C)(CCNCc1ccccc1)c1cccc2ccccc12. The van der Waals surface area contributed by atoms with E-state index in [1.807, 2.05) is 0 Å². The minimum Gasteiger partial charge on any atom is -0.307 e. The fraction of sp³-hybridized carbons (Fsp3) is 0.238. The molecule has 23 heavy (non-hydrogen) atoms. The van der Waals surface area contributed by atoms with Gasteiger partial charge in [0.05, 0.1) is 20.6 Å². The van der Waals surface area contributed by atoms with Crippen molar-refractivity contribution in [2.45, 2.75) is 6.54 Å². The van der Waals surface area contributed by atoms with Gasteiger partial charge in [0.15, 0.2) is 0 Å². The van der Waals surface area contributed by atoms with Crippen molar-refractivity contribution < 1.29 is 0 Å². The minimum absolute atomic E-state index is 0.878. The number of benzene rings is 3. The highest BCUT2D eigenvalue weighted by molar-refractivity contribution is 5.93. The van der Waals surface area contributed by atoms with Gasteiger partial charge in [-0.25, -0.2) is 0 Å². The Morgan fingerprint density at radius 2 is 1.48 bits per heavy atom. The first-order valence-corrected chi connectivity index (χ1v) is 8.23. The van der Waals surface area contributed by atoms with Crippen LogP contribution >= 0.6 is 0 Å². The molecule has 0 saturated carbocycles. The molecular formula is C21H25N2+. The van der Waals surface area contributed by atoms with E-state index in [9.17, 15) is 0 Å². The Hall–Kier alpha value is -2.16. The zero-order valence-corrected chi connectivity index (χ0v) is 14.0. The van der Waals surface area contributed by atoms with Crippen LogP contribution in [-0.4, -0.2) is 27.2 Å². The smallest absolute Gasteiger partial charge is 0.140 e. The first-order chi connectivity index (χ1) is 11.2. The zero-order valence-electron chi connectivity index (χ0n) is 14.0. The lowest BCUT2D eigenvalue weighted by molar-refractivity contribution is 0.393. The van der Waals surface area contributed by atoms with Gasteiger partial charge in [0.25, 0.3) is 0 Å². The van der Waals surface area contributed by atoms with Gasteiger partial charge < -0.3 is 5.32 Å². The summed E-state index contributed by atoms with van der Waals surface area (Å²) in [4.78, 5) is 0. The molecule has 0 radical (unpaired) electrons. The molecule has 3 aromatic carbocycles. The largest absolute Gasteiger partial charge is 0.307 e. The highest BCUT2D eigenvalue weighted by Gasteiger charge is 2.20. The van der Waals surface area contributed by atoms with Crippen molar-refractivity contribution >= 4 is 16.5 Å². The van der Waals surface area contributed by atoms with E-state index in [1.165, 1.54) is 22.0 Å². The lowest BCUT2D eigenvalue weighted by atomic mass is 10.1. The third-order valence-electron chi connectivity index (χ3n) is 4.44. The van der Waals surface area contributed by atoms with Gasteiger partial charge in [-0.2, -0.15) is 0 Å². The maximum Gasteiger partial charge on any atom is 0.140 e. The van der Waals surface area contributed by atoms with Crippen molar-refractivity contribution in [3.05, 3.63) is 78.4 Å². The molecule has 0 bridgehead atoms. The molecule has 3 aromatic rings. The van der Waals surface area contributed by atoms with E-state index >= 15 is 0 Å². The van der Waals surface area contributed by atoms with Crippen LogP contribution in [0.1, 0.15) is 5.56 Å². The van der Waals surface area contributed by atoms with E-state index < -0.39 is 0 Å². The van der Waals surface area contributed by atoms with Gasteiger partial charge in [-0.3, -0.25) is 4.48 Å². The van der Waals surface area contributed by atoms with Gasteiger partial charge in [0, 0.05) is 18.5 Å². The van der Waals surface area contributed by atoms with Crippen LogP contribution in [0.3, 0.4) is 0 Å². The number of rotatable bonds is 6. The number of hydrogen-bond donors (Lipinski definition) is 1. The van der Waals surface area contributed by atoms with E-state index in [0.717, 1.165) is 24.1 Å². The minimum atomic E-state index is 0.878. The Labute approximate surface area is 139 Å². The third kappa shape index (κ3) is 3.79.